The summed E-state index contributed by atoms with van der Waals surface area (Å²) in [5.74, 6) is -1.36. The highest BCUT2D eigenvalue weighted by atomic mass is 127. The minimum Gasteiger partial charge on any atom is -0.481 e. The van der Waals surface area contributed by atoms with Gasteiger partial charge in [0.05, 0.1) is 0 Å². The second-order valence-electron chi connectivity index (χ2n) is 3.98. The number of carboxylic acid groups (broad SMARTS) is 1. The van der Waals surface area contributed by atoms with Gasteiger partial charge in [-0.15, -0.1) is 0 Å². The van der Waals surface area contributed by atoms with Crippen LogP contribution >= 0.6 is 34.2 Å². The Morgan fingerprint density at radius 2 is 1.84 bits per heavy atom. The van der Waals surface area contributed by atoms with Crippen molar-refractivity contribution in [1.82, 2.24) is 9.97 Å². The average Bonchev–Trinajstić information content (AvgIpc) is 2.39. The van der Waals surface area contributed by atoms with Gasteiger partial charge in [-0.05, 0) is 46.7 Å². The van der Waals surface area contributed by atoms with Crippen molar-refractivity contribution in [1.29, 1.82) is 0 Å². The Morgan fingerprint density at radius 3 is 2.37 bits per heavy atom. The van der Waals surface area contributed by atoms with Gasteiger partial charge in [0.1, 0.15) is 11.7 Å². The number of aromatic nitrogens is 2. The van der Waals surface area contributed by atoms with Crippen LogP contribution in [-0.2, 0) is 11.2 Å². The molecule has 98 valence electrons. The third kappa shape index (κ3) is 3.87. The molecular weight excluding hydrogens is 379 g/mol. The fraction of sp³-hybridized carbons (Fsp3) is 0.154. The van der Waals surface area contributed by atoms with Crippen molar-refractivity contribution in [2.75, 3.05) is 0 Å². The average molecular weight is 389 g/mol. The molecular formula is C13H10ClIN2O2. The fourth-order valence-corrected chi connectivity index (χ4v) is 2.05. The Labute approximate surface area is 129 Å². The van der Waals surface area contributed by atoms with E-state index in [1.807, 2.05) is 12.1 Å². The number of carbonyl (C=O) groups is 1. The van der Waals surface area contributed by atoms with E-state index in [0.717, 1.165) is 9.13 Å². The molecule has 2 aromatic rings. The van der Waals surface area contributed by atoms with Crippen molar-refractivity contribution in [3.63, 3.8) is 0 Å². The van der Waals surface area contributed by atoms with Crippen molar-refractivity contribution in [3.8, 4) is 0 Å². The molecule has 0 fully saturated rings. The van der Waals surface area contributed by atoms with Gasteiger partial charge in [0, 0.05) is 21.0 Å². The number of benzene rings is 1. The fourth-order valence-electron chi connectivity index (χ4n) is 1.65. The highest BCUT2D eigenvalue weighted by Crippen LogP contribution is 2.20. The Bertz CT molecular complexity index is 572. The smallest absolute Gasteiger partial charge is 0.314 e. The standard InChI is InChI=1S/C13H10ClIN2O2/c14-9-3-1-8(2-4-9)5-11(13(18)19)12-16-6-10(15)7-17-12/h1-4,6-7,11H,5H2,(H,18,19). The molecule has 2 rings (SSSR count). The normalized spacial score (nSPS) is 12.1. The molecule has 1 atom stereocenters. The summed E-state index contributed by atoms with van der Waals surface area (Å²) in [7, 11) is 0. The van der Waals surface area contributed by atoms with Gasteiger partial charge in [0.15, 0.2) is 0 Å². The zero-order valence-corrected chi connectivity index (χ0v) is 12.7. The molecule has 0 aliphatic heterocycles. The molecule has 0 saturated carbocycles. The van der Waals surface area contributed by atoms with Crippen molar-refractivity contribution >= 4 is 40.2 Å². The predicted octanol–water partition coefficient (Wildman–Crippen LogP) is 3.15. The number of halogens is 2. The quantitative estimate of drug-likeness (QED) is 0.818. The van der Waals surface area contributed by atoms with Crippen LogP contribution in [0.15, 0.2) is 36.7 Å². The summed E-state index contributed by atoms with van der Waals surface area (Å²) >= 11 is 7.88. The highest BCUT2D eigenvalue weighted by molar-refractivity contribution is 14.1. The lowest BCUT2D eigenvalue weighted by Gasteiger charge is -2.11. The maximum absolute atomic E-state index is 11.3. The lowest BCUT2D eigenvalue weighted by atomic mass is 9.98. The van der Waals surface area contributed by atoms with Crippen LogP contribution in [-0.4, -0.2) is 21.0 Å². The Morgan fingerprint density at radius 1 is 1.26 bits per heavy atom. The van der Waals surface area contributed by atoms with E-state index in [0.29, 0.717) is 17.3 Å². The first-order chi connectivity index (χ1) is 9.06. The van der Waals surface area contributed by atoms with Gasteiger partial charge in [-0.25, -0.2) is 9.97 Å². The highest BCUT2D eigenvalue weighted by Gasteiger charge is 2.23. The summed E-state index contributed by atoms with van der Waals surface area (Å²) in [4.78, 5) is 19.5. The van der Waals surface area contributed by atoms with Crippen LogP contribution in [0.1, 0.15) is 17.3 Å². The maximum atomic E-state index is 11.3. The molecule has 1 unspecified atom stereocenters. The third-order valence-corrected chi connectivity index (χ3v) is 3.41. The zero-order valence-electron chi connectivity index (χ0n) is 9.75. The van der Waals surface area contributed by atoms with Gasteiger partial charge in [0.25, 0.3) is 0 Å². The second-order valence-corrected chi connectivity index (χ2v) is 5.66. The molecule has 1 heterocycles. The molecule has 19 heavy (non-hydrogen) atoms. The van der Waals surface area contributed by atoms with Crippen molar-refractivity contribution in [2.45, 2.75) is 12.3 Å². The molecule has 0 spiro atoms. The molecule has 0 radical (unpaired) electrons. The minimum absolute atomic E-state index is 0.322. The third-order valence-electron chi connectivity index (χ3n) is 2.60. The van der Waals surface area contributed by atoms with Crippen LogP contribution in [0.5, 0.6) is 0 Å². The number of hydrogen-bond acceptors (Lipinski definition) is 3. The summed E-state index contributed by atoms with van der Waals surface area (Å²) in [5, 5.41) is 9.93. The van der Waals surface area contributed by atoms with Crippen LogP contribution in [0.4, 0.5) is 0 Å². The van der Waals surface area contributed by atoms with Gasteiger partial charge in [-0.2, -0.15) is 0 Å². The van der Waals surface area contributed by atoms with Crippen LogP contribution in [0.2, 0.25) is 5.02 Å². The van der Waals surface area contributed by atoms with Gasteiger partial charge in [0.2, 0.25) is 0 Å². The van der Waals surface area contributed by atoms with Gasteiger partial charge in [-0.1, -0.05) is 23.7 Å². The van der Waals surface area contributed by atoms with Crippen LogP contribution in [0.25, 0.3) is 0 Å². The Balaban J connectivity index is 2.23. The summed E-state index contributed by atoms with van der Waals surface area (Å²) < 4.78 is 0.872. The van der Waals surface area contributed by atoms with Gasteiger partial charge in [-0.3, -0.25) is 4.79 Å². The van der Waals surface area contributed by atoms with Gasteiger partial charge < -0.3 is 5.11 Å². The van der Waals surface area contributed by atoms with E-state index in [-0.39, 0.29) is 0 Å². The second kappa shape index (κ2) is 6.29. The van der Waals surface area contributed by atoms with Crippen LogP contribution < -0.4 is 0 Å². The molecule has 0 aliphatic rings. The molecule has 0 aliphatic carbocycles. The first-order valence-electron chi connectivity index (χ1n) is 5.51. The molecule has 1 aromatic carbocycles. The number of nitrogens with zero attached hydrogens (tertiary/aromatic N) is 2. The van der Waals surface area contributed by atoms with E-state index in [9.17, 15) is 9.90 Å². The topological polar surface area (TPSA) is 63.1 Å². The lowest BCUT2D eigenvalue weighted by molar-refractivity contribution is -0.139. The molecule has 0 bridgehead atoms. The number of carboxylic acids is 1. The molecule has 0 saturated heterocycles. The Kier molecular flexibility index (Phi) is 4.71. The van der Waals surface area contributed by atoms with Crippen molar-refractivity contribution < 1.29 is 9.90 Å². The summed E-state index contributed by atoms with van der Waals surface area (Å²) in [6, 6.07) is 7.10. The first kappa shape index (κ1) is 14.2. The number of hydrogen-bond donors (Lipinski definition) is 1. The first-order valence-corrected chi connectivity index (χ1v) is 6.96. The Hall–Kier alpha value is -1.21. The van der Waals surface area contributed by atoms with Crippen LogP contribution in [0, 0.1) is 3.57 Å². The van der Waals surface area contributed by atoms with E-state index in [1.165, 1.54) is 0 Å². The van der Waals surface area contributed by atoms with E-state index < -0.39 is 11.9 Å². The lowest BCUT2D eigenvalue weighted by Crippen LogP contribution is -2.17. The van der Waals surface area contributed by atoms with Crippen LogP contribution in [0.3, 0.4) is 0 Å². The largest absolute Gasteiger partial charge is 0.481 e. The summed E-state index contributed by atoms with van der Waals surface area (Å²) in [6.45, 7) is 0. The molecule has 1 aromatic heterocycles. The number of rotatable bonds is 4. The van der Waals surface area contributed by atoms with E-state index in [4.69, 9.17) is 11.6 Å². The van der Waals surface area contributed by atoms with E-state index >= 15 is 0 Å². The molecule has 4 nitrogen and oxygen atoms in total. The number of aliphatic carboxylic acids is 1. The molecule has 6 heteroatoms. The monoisotopic (exact) mass is 388 g/mol. The summed E-state index contributed by atoms with van der Waals surface area (Å²) in [5.41, 5.74) is 0.888. The van der Waals surface area contributed by atoms with E-state index in [2.05, 4.69) is 32.6 Å². The van der Waals surface area contributed by atoms with E-state index in [1.54, 1.807) is 24.5 Å². The summed E-state index contributed by atoms with van der Waals surface area (Å²) in [6.07, 6.45) is 3.56. The minimum atomic E-state index is -0.934. The predicted molar refractivity (Wildman–Crippen MR) is 80.3 cm³/mol. The molecule has 1 N–H and O–H groups in total. The van der Waals surface area contributed by atoms with Gasteiger partial charge >= 0.3 is 5.97 Å². The van der Waals surface area contributed by atoms with Crippen molar-refractivity contribution in [3.05, 3.63) is 56.6 Å². The SMILES string of the molecule is O=C(O)C(Cc1ccc(Cl)cc1)c1ncc(I)cn1. The zero-order chi connectivity index (χ0) is 13.8. The van der Waals surface area contributed by atoms with Crippen molar-refractivity contribution in [2.24, 2.45) is 0 Å². The maximum Gasteiger partial charge on any atom is 0.314 e. The molecule has 0 amide bonds.